The quantitative estimate of drug-likeness (QED) is 0.668. The third kappa shape index (κ3) is 1.93. The second kappa shape index (κ2) is 3.77. The Morgan fingerprint density at radius 1 is 1.36 bits per heavy atom. The van der Waals surface area contributed by atoms with Crippen molar-refractivity contribution < 1.29 is 18.9 Å². The molecule has 3 unspecified atom stereocenters. The van der Waals surface area contributed by atoms with Gasteiger partial charge in [-0.15, -0.1) is 0 Å². The van der Waals surface area contributed by atoms with E-state index < -0.39 is 5.79 Å². The Morgan fingerprint density at radius 2 is 2.14 bits per heavy atom. The van der Waals surface area contributed by atoms with Gasteiger partial charge in [0.05, 0.1) is 12.7 Å². The smallest absolute Gasteiger partial charge is 0.163 e. The van der Waals surface area contributed by atoms with Crippen molar-refractivity contribution in [3.8, 4) is 0 Å². The zero-order chi connectivity index (χ0) is 10.2. The SMILES string of the molecule is COCC1OCCC2OC(C)(C)OC12. The van der Waals surface area contributed by atoms with Gasteiger partial charge in [-0.3, -0.25) is 0 Å². The van der Waals surface area contributed by atoms with E-state index in [-0.39, 0.29) is 18.3 Å². The minimum atomic E-state index is -0.477. The van der Waals surface area contributed by atoms with Crippen molar-refractivity contribution in [2.45, 2.75) is 44.4 Å². The van der Waals surface area contributed by atoms with E-state index in [0.29, 0.717) is 6.61 Å². The van der Waals surface area contributed by atoms with Gasteiger partial charge in [0, 0.05) is 13.7 Å². The highest BCUT2D eigenvalue weighted by atomic mass is 16.8. The van der Waals surface area contributed by atoms with Gasteiger partial charge in [0.15, 0.2) is 5.79 Å². The average molecular weight is 202 g/mol. The first kappa shape index (κ1) is 10.4. The number of rotatable bonds is 2. The highest BCUT2D eigenvalue weighted by Gasteiger charge is 2.47. The van der Waals surface area contributed by atoms with Crippen molar-refractivity contribution in [2.75, 3.05) is 20.3 Å². The summed E-state index contributed by atoms with van der Waals surface area (Å²) < 4.78 is 22.3. The molecule has 14 heavy (non-hydrogen) atoms. The van der Waals surface area contributed by atoms with E-state index in [2.05, 4.69) is 0 Å². The summed E-state index contributed by atoms with van der Waals surface area (Å²) in [7, 11) is 1.67. The topological polar surface area (TPSA) is 36.9 Å². The van der Waals surface area contributed by atoms with Gasteiger partial charge in [-0.1, -0.05) is 0 Å². The van der Waals surface area contributed by atoms with Crippen LogP contribution >= 0.6 is 0 Å². The van der Waals surface area contributed by atoms with Crippen molar-refractivity contribution in [1.29, 1.82) is 0 Å². The van der Waals surface area contributed by atoms with Crippen molar-refractivity contribution >= 4 is 0 Å². The number of fused-ring (bicyclic) bond motifs is 1. The van der Waals surface area contributed by atoms with Crippen LogP contribution in [0.1, 0.15) is 20.3 Å². The molecule has 0 aromatic heterocycles. The van der Waals surface area contributed by atoms with E-state index in [4.69, 9.17) is 18.9 Å². The van der Waals surface area contributed by atoms with E-state index in [9.17, 15) is 0 Å². The number of hydrogen-bond acceptors (Lipinski definition) is 4. The minimum absolute atomic E-state index is 0.0144. The van der Waals surface area contributed by atoms with Gasteiger partial charge in [-0.25, -0.2) is 0 Å². The number of hydrogen-bond donors (Lipinski definition) is 0. The molecular weight excluding hydrogens is 184 g/mol. The maximum atomic E-state index is 5.79. The molecule has 0 aromatic rings. The Bertz CT molecular complexity index is 202. The summed E-state index contributed by atoms with van der Waals surface area (Å²) in [5.74, 6) is -0.477. The van der Waals surface area contributed by atoms with E-state index in [1.54, 1.807) is 7.11 Å². The Labute approximate surface area is 84.5 Å². The molecule has 0 spiro atoms. The van der Waals surface area contributed by atoms with Crippen LogP contribution in [0.25, 0.3) is 0 Å². The second-order valence-electron chi connectivity index (χ2n) is 4.29. The van der Waals surface area contributed by atoms with Gasteiger partial charge in [-0.05, 0) is 20.3 Å². The van der Waals surface area contributed by atoms with Gasteiger partial charge < -0.3 is 18.9 Å². The van der Waals surface area contributed by atoms with Crippen molar-refractivity contribution in [2.24, 2.45) is 0 Å². The molecule has 0 N–H and O–H groups in total. The highest BCUT2D eigenvalue weighted by molar-refractivity contribution is 4.90. The predicted molar refractivity (Wildman–Crippen MR) is 50.1 cm³/mol. The van der Waals surface area contributed by atoms with Crippen molar-refractivity contribution in [3.63, 3.8) is 0 Å². The Kier molecular flexibility index (Phi) is 2.79. The zero-order valence-electron chi connectivity index (χ0n) is 8.99. The van der Waals surface area contributed by atoms with Crippen LogP contribution in [-0.2, 0) is 18.9 Å². The molecule has 0 amide bonds. The maximum absolute atomic E-state index is 5.79. The molecule has 2 saturated heterocycles. The molecule has 2 aliphatic heterocycles. The summed E-state index contributed by atoms with van der Waals surface area (Å²) in [6.07, 6.45) is 1.12. The van der Waals surface area contributed by atoms with Crippen LogP contribution in [0.2, 0.25) is 0 Å². The van der Waals surface area contributed by atoms with Crippen LogP contribution in [0.3, 0.4) is 0 Å². The third-order valence-corrected chi connectivity index (χ3v) is 2.65. The molecule has 2 aliphatic rings. The largest absolute Gasteiger partial charge is 0.382 e. The fourth-order valence-corrected chi connectivity index (χ4v) is 2.14. The van der Waals surface area contributed by atoms with E-state index in [1.165, 1.54) is 0 Å². The van der Waals surface area contributed by atoms with Crippen LogP contribution in [-0.4, -0.2) is 44.4 Å². The maximum Gasteiger partial charge on any atom is 0.163 e. The van der Waals surface area contributed by atoms with Crippen LogP contribution in [0, 0.1) is 0 Å². The Balaban J connectivity index is 2.03. The average Bonchev–Trinajstić information content (AvgIpc) is 2.41. The summed E-state index contributed by atoms with van der Waals surface area (Å²) in [5, 5.41) is 0. The fourth-order valence-electron chi connectivity index (χ4n) is 2.14. The lowest BCUT2D eigenvalue weighted by atomic mass is 10.0. The van der Waals surface area contributed by atoms with Gasteiger partial charge in [0.2, 0.25) is 0 Å². The Hall–Kier alpha value is -0.160. The van der Waals surface area contributed by atoms with Gasteiger partial charge in [0.25, 0.3) is 0 Å². The van der Waals surface area contributed by atoms with Crippen molar-refractivity contribution in [1.82, 2.24) is 0 Å². The van der Waals surface area contributed by atoms with Gasteiger partial charge in [0.1, 0.15) is 12.2 Å². The molecule has 2 heterocycles. The number of ether oxygens (including phenoxy) is 4. The van der Waals surface area contributed by atoms with E-state index in [1.807, 2.05) is 13.8 Å². The first-order valence-electron chi connectivity index (χ1n) is 5.08. The molecule has 0 radical (unpaired) electrons. The predicted octanol–water partition coefficient (Wildman–Crippen LogP) is 0.942. The van der Waals surface area contributed by atoms with Crippen LogP contribution in [0.5, 0.6) is 0 Å². The van der Waals surface area contributed by atoms with Gasteiger partial charge >= 0.3 is 0 Å². The normalized spacial score (nSPS) is 40.9. The molecule has 3 atom stereocenters. The molecular formula is C10H18O4. The van der Waals surface area contributed by atoms with Crippen LogP contribution in [0.4, 0.5) is 0 Å². The summed E-state index contributed by atoms with van der Waals surface area (Å²) in [4.78, 5) is 0. The molecule has 4 nitrogen and oxygen atoms in total. The zero-order valence-corrected chi connectivity index (χ0v) is 8.99. The van der Waals surface area contributed by atoms with Crippen molar-refractivity contribution in [3.05, 3.63) is 0 Å². The lowest BCUT2D eigenvalue weighted by molar-refractivity contribution is -0.158. The molecule has 4 heteroatoms. The van der Waals surface area contributed by atoms with E-state index in [0.717, 1.165) is 13.0 Å². The molecule has 2 fully saturated rings. The first-order chi connectivity index (χ1) is 6.62. The fraction of sp³-hybridized carbons (Fsp3) is 1.00. The lowest BCUT2D eigenvalue weighted by Crippen LogP contribution is -2.45. The summed E-state index contributed by atoms with van der Waals surface area (Å²) >= 11 is 0. The van der Waals surface area contributed by atoms with Crippen LogP contribution < -0.4 is 0 Å². The molecule has 0 aromatic carbocycles. The third-order valence-electron chi connectivity index (χ3n) is 2.65. The molecule has 0 saturated carbocycles. The van der Waals surface area contributed by atoms with E-state index >= 15 is 0 Å². The molecule has 82 valence electrons. The molecule has 2 rings (SSSR count). The molecule has 0 aliphatic carbocycles. The standard InChI is InChI=1S/C10H18O4/c1-10(2)13-7-4-5-12-8(6-11-3)9(7)14-10/h7-9H,4-6H2,1-3H3. The molecule has 0 bridgehead atoms. The summed E-state index contributed by atoms with van der Waals surface area (Å²) in [6.45, 7) is 5.18. The monoisotopic (exact) mass is 202 g/mol. The Morgan fingerprint density at radius 3 is 2.86 bits per heavy atom. The lowest BCUT2D eigenvalue weighted by Gasteiger charge is -2.30. The van der Waals surface area contributed by atoms with Gasteiger partial charge in [-0.2, -0.15) is 0 Å². The van der Waals surface area contributed by atoms with Crippen LogP contribution in [0.15, 0.2) is 0 Å². The minimum Gasteiger partial charge on any atom is -0.382 e. The highest BCUT2D eigenvalue weighted by Crippen LogP contribution is 2.35. The number of methoxy groups -OCH3 is 1. The first-order valence-corrected chi connectivity index (χ1v) is 5.08. The second-order valence-corrected chi connectivity index (χ2v) is 4.29. The summed E-state index contributed by atoms with van der Waals surface area (Å²) in [5.41, 5.74) is 0. The summed E-state index contributed by atoms with van der Waals surface area (Å²) in [6, 6.07) is 0.